The average molecular weight is 292 g/mol. The van der Waals surface area contributed by atoms with Crippen LogP contribution in [-0.2, 0) is 14.3 Å². The monoisotopic (exact) mass is 291 g/mol. The molecule has 1 aromatic rings. The molecule has 0 saturated heterocycles. The predicted molar refractivity (Wildman–Crippen MR) is 68.1 cm³/mol. The Morgan fingerprint density at radius 1 is 1.22 bits per heavy atom. The second-order valence-corrected chi connectivity index (χ2v) is 3.92. The second-order valence-electron chi connectivity index (χ2n) is 3.10. The second kappa shape index (κ2) is 7.08. The van der Waals surface area contributed by atoms with Crippen LogP contribution < -0.4 is 5.32 Å². The van der Waals surface area contributed by atoms with Gasteiger partial charge in [-0.1, -0.05) is 29.3 Å². The molecule has 1 N–H and O–H groups in total. The molecule has 0 aromatic heterocycles. The summed E-state index contributed by atoms with van der Waals surface area (Å²) < 4.78 is 9.22. The smallest absolute Gasteiger partial charge is 0.412 e. The highest BCUT2D eigenvalue weighted by molar-refractivity contribution is 6.39. The van der Waals surface area contributed by atoms with E-state index in [4.69, 9.17) is 23.2 Å². The van der Waals surface area contributed by atoms with Gasteiger partial charge < -0.3 is 9.47 Å². The van der Waals surface area contributed by atoms with Crippen molar-refractivity contribution in [1.29, 1.82) is 0 Å². The van der Waals surface area contributed by atoms with Gasteiger partial charge in [0.2, 0.25) is 0 Å². The number of para-hydroxylation sites is 1. The van der Waals surface area contributed by atoms with Gasteiger partial charge >= 0.3 is 12.1 Å². The topological polar surface area (TPSA) is 64.6 Å². The minimum Gasteiger partial charge on any atom is -0.463 e. The molecule has 5 nitrogen and oxygen atoms in total. The number of amides is 1. The lowest BCUT2D eigenvalue weighted by Gasteiger charge is -2.09. The fraction of sp³-hybridized carbons (Fsp3) is 0.273. The van der Waals surface area contributed by atoms with Crippen LogP contribution in [0.15, 0.2) is 18.2 Å². The quantitative estimate of drug-likeness (QED) is 0.866. The van der Waals surface area contributed by atoms with E-state index in [1.165, 1.54) is 0 Å². The molecule has 0 radical (unpaired) electrons. The zero-order valence-corrected chi connectivity index (χ0v) is 11.0. The van der Waals surface area contributed by atoms with Gasteiger partial charge in [0, 0.05) is 0 Å². The van der Waals surface area contributed by atoms with E-state index in [1.54, 1.807) is 25.1 Å². The number of esters is 1. The summed E-state index contributed by atoms with van der Waals surface area (Å²) in [6.07, 6.45) is -0.835. The van der Waals surface area contributed by atoms with Crippen LogP contribution in [0.1, 0.15) is 6.92 Å². The third-order valence-electron chi connectivity index (χ3n) is 1.82. The number of nitrogens with one attached hydrogen (secondary N) is 1. The fourth-order valence-corrected chi connectivity index (χ4v) is 1.57. The summed E-state index contributed by atoms with van der Waals surface area (Å²) in [6.45, 7) is 1.41. The minimum absolute atomic E-state index is 0.222. The number of rotatable bonds is 4. The summed E-state index contributed by atoms with van der Waals surface area (Å²) in [6, 6.07) is 4.77. The first-order chi connectivity index (χ1) is 8.54. The zero-order valence-electron chi connectivity index (χ0n) is 9.54. The van der Waals surface area contributed by atoms with Gasteiger partial charge in [-0.25, -0.2) is 9.59 Å². The number of benzene rings is 1. The highest BCUT2D eigenvalue weighted by Crippen LogP contribution is 2.29. The van der Waals surface area contributed by atoms with Gasteiger partial charge in [-0.15, -0.1) is 0 Å². The van der Waals surface area contributed by atoms with Gasteiger partial charge in [0.15, 0.2) is 6.61 Å². The molecular formula is C11H11Cl2NO4. The molecule has 0 bridgehead atoms. The van der Waals surface area contributed by atoms with Gasteiger partial charge in [-0.05, 0) is 19.1 Å². The van der Waals surface area contributed by atoms with Crippen molar-refractivity contribution in [2.75, 3.05) is 18.5 Å². The molecule has 0 aliphatic rings. The van der Waals surface area contributed by atoms with Crippen molar-refractivity contribution in [2.24, 2.45) is 0 Å². The van der Waals surface area contributed by atoms with Gasteiger partial charge in [0.25, 0.3) is 0 Å². The number of anilines is 1. The summed E-state index contributed by atoms with van der Waals surface area (Å²) in [5, 5.41) is 2.89. The van der Waals surface area contributed by atoms with E-state index in [0.29, 0.717) is 0 Å². The first kappa shape index (κ1) is 14.6. The molecule has 7 heteroatoms. The van der Waals surface area contributed by atoms with Crippen molar-refractivity contribution in [3.63, 3.8) is 0 Å². The SMILES string of the molecule is CCOC(=O)COC(=O)Nc1c(Cl)cccc1Cl. The lowest BCUT2D eigenvalue weighted by Crippen LogP contribution is -2.20. The molecule has 18 heavy (non-hydrogen) atoms. The van der Waals surface area contributed by atoms with Crippen LogP contribution >= 0.6 is 23.2 Å². The molecule has 0 spiro atoms. The summed E-state index contributed by atoms with van der Waals surface area (Å²) in [7, 11) is 0. The third kappa shape index (κ3) is 4.43. The molecule has 98 valence electrons. The first-order valence-electron chi connectivity index (χ1n) is 5.08. The highest BCUT2D eigenvalue weighted by Gasteiger charge is 2.12. The van der Waals surface area contributed by atoms with Crippen LogP contribution in [0.4, 0.5) is 10.5 Å². The molecule has 0 unspecified atom stereocenters. The van der Waals surface area contributed by atoms with Gasteiger partial charge in [0.1, 0.15) is 0 Å². The predicted octanol–water partition coefficient (Wildman–Crippen LogP) is 3.11. The molecule has 1 rings (SSSR count). The molecule has 1 aromatic carbocycles. The van der Waals surface area contributed by atoms with Crippen molar-refractivity contribution in [3.8, 4) is 0 Å². The van der Waals surface area contributed by atoms with Crippen molar-refractivity contribution >= 4 is 41.0 Å². The van der Waals surface area contributed by atoms with Crippen molar-refractivity contribution in [3.05, 3.63) is 28.2 Å². The molecule has 0 aliphatic carbocycles. The van der Waals surface area contributed by atoms with Crippen LogP contribution in [-0.4, -0.2) is 25.3 Å². The summed E-state index contributed by atoms with van der Waals surface area (Å²) in [4.78, 5) is 22.3. The Balaban J connectivity index is 2.52. The van der Waals surface area contributed by atoms with Crippen LogP contribution in [0, 0.1) is 0 Å². The van der Waals surface area contributed by atoms with Crippen molar-refractivity contribution in [2.45, 2.75) is 6.92 Å². The lowest BCUT2D eigenvalue weighted by molar-refractivity contribution is -0.146. The van der Waals surface area contributed by atoms with E-state index in [9.17, 15) is 9.59 Å². The molecule has 1 amide bonds. The molecule has 0 atom stereocenters. The van der Waals surface area contributed by atoms with Crippen molar-refractivity contribution in [1.82, 2.24) is 0 Å². The van der Waals surface area contributed by atoms with E-state index in [1.807, 2.05) is 0 Å². The van der Waals surface area contributed by atoms with E-state index >= 15 is 0 Å². The third-order valence-corrected chi connectivity index (χ3v) is 2.45. The number of hydrogen-bond acceptors (Lipinski definition) is 4. The van der Waals surface area contributed by atoms with Gasteiger partial charge in [0.05, 0.1) is 22.3 Å². The summed E-state index contributed by atoms with van der Waals surface area (Å²) in [5.41, 5.74) is 0.231. The van der Waals surface area contributed by atoms with E-state index in [-0.39, 0.29) is 22.3 Å². The standard InChI is InChI=1S/C11H11Cl2NO4/c1-2-17-9(15)6-18-11(16)14-10-7(12)4-3-5-8(10)13/h3-5H,2,6H2,1H3,(H,14,16). The molecule has 0 aliphatic heterocycles. The highest BCUT2D eigenvalue weighted by atomic mass is 35.5. The summed E-state index contributed by atoms with van der Waals surface area (Å²) in [5.74, 6) is -0.627. The zero-order chi connectivity index (χ0) is 13.5. The summed E-state index contributed by atoms with van der Waals surface area (Å²) >= 11 is 11.7. The largest absolute Gasteiger partial charge is 0.463 e. The number of halogens is 2. The Morgan fingerprint density at radius 2 is 1.83 bits per heavy atom. The van der Waals surface area contributed by atoms with Crippen LogP contribution in [0.3, 0.4) is 0 Å². The van der Waals surface area contributed by atoms with Gasteiger partial charge in [-0.3, -0.25) is 5.32 Å². The molecule has 0 saturated carbocycles. The normalized spacial score (nSPS) is 9.72. The van der Waals surface area contributed by atoms with Crippen LogP contribution in [0.2, 0.25) is 10.0 Å². The first-order valence-corrected chi connectivity index (χ1v) is 5.83. The average Bonchev–Trinajstić information content (AvgIpc) is 2.32. The number of hydrogen-bond donors (Lipinski definition) is 1. The van der Waals surface area contributed by atoms with Crippen LogP contribution in [0.25, 0.3) is 0 Å². The maximum Gasteiger partial charge on any atom is 0.412 e. The Hall–Kier alpha value is -1.46. The Morgan fingerprint density at radius 3 is 2.39 bits per heavy atom. The van der Waals surface area contributed by atoms with Crippen LogP contribution in [0.5, 0.6) is 0 Å². The number of carbonyl (C=O) groups excluding carboxylic acids is 2. The molecular weight excluding hydrogens is 281 g/mol. The minimum atomic E-state index is -0.835. The Labute approximate surface area is 114 Å². The fourth-order valence-electron chi connectivity index (χ4n) is 1.08. The Kier molecular flexibility index (Phi) is 5.74. The molecule has 0 fully saturated rings. The van der Waals surface area contributed by atoms with E-state index < -0.39 is 18.7 Å². The van der Waals surface area contributed by atoms with Gasteiger partial charge in [-0.2, -0.15) is 0 Å². The van der Waals surface area contributed by atoms with E-state index in [0.717, 1.165) is 0 Å². The molecule has 0 heterocycles. The Bertz CT molecular complexity index is 430. The van der Waals surface area contributed by atoms with E-state index in [2.05, 4.69) is 14.8 Å². The maximum atomic E-state index is 11.4. The maximum absolute atomic E-state index is 11.4. The number of carbonyl (C=O) groups is 2. The van der Waals surface area contributed by atoms with Crippen molar-refractivity contribution < 1.29 is 19.1 Å². The number of ether oxygens (including phenoxy) is 2. The lowest BCUT2D eigenvalue weighted by atomic mass is 10.3.